The number of carboxylic acid groups (broad SMARTS) is 2. The molecule has 1 aromatic heterocycles. The number of aryl methyl sites for hydroxylation is 1. The van der Waals surface area contributed by atoms with Crippen molar-refractivity contribution in [2.24, 2.45) is 5.10 Å². The Morgan fingerprint density at radius 2 is 1.62 bits per heavy atom. The largest absolute Gasteiger partial charge is 0.478 e. The maximum absolute atomic E-state index is 12.0. The number of halogens is 1. The van der Waals surface area contributed by atoms with E-state index < -0.39 is 18.0 Å². The second kappa shape index (κ2) is 9.36. The average Bonchev–Trinajstić information content (AvgIpc) is 3.02. The number of benzene rings is 2. The summed E-state index contributed by atoms with van der Waals surface area (Å²) in [6.07, 6.45) is 1.43. The lowest BCUT2D eigenvalue weighted by Gasteiger charge is -2.12. The van der Waals surface area contributed by atoms with E-state index in [0.717, 1.165) is 11.8 Å². The number of carbonyl (C=O) groups is 3. The highest BCUT2D eigenvalue weighted by Crippen LogP contribution is 2.23. The zero-order chi connectivity index (χ0) is 23.4. The van der Waals surface area contributed by atoms with E-state index in [1.807, 2.05) is 0 Å². The first kappa shape index (κ1) is 22.6. The first-order valence-electron chi connectivity index (χ1n) is 9.33. The van der Waals surface area contributed by atoms with Crippen molar-refractivity contribution < 1.29 is 24.6 Å². The molecule has 10 heteroatoms. The molecule has 9 nitrogen and oxygen atoms in total. The van der Waals surface area contributed by atoms with E-state index >= 15 is 0 Å². The van der Waals surface area contributed by atoms with Crippen molar-refractivity contribution >= 4 is 41.5 Å². The Kier molecular flexibility index (Phi) is 6.60. The Balaban J connectivity index is 1.84. The number of anilines is 1. The van der Waals surface area contributed by atoms with Gasteiger partial charge in [-0.3, -0.25) is 0 Å². The van der Waals surface area contributed by atoms with Crippen LogP contribution in [0.25, 0.3) is 5.69 Å². The van der Waals surface area contributed by atoms with Gasteiger partial charge in [0.2, 0.25) is 0 Å². The van der Waals surface area contributed by atoms with E-state index in [1.54, 1.807) is 48.7 Å². The molecule has 32 heavy (non-hydrogen) atoms. The molecule has 2 amide bonds. The van der Waals surface area contributed by atoms with Crippen molar-refractivity contribution in [3.63, 3.8) is 0 Å². The summed E-state index contributed by atoms with van der Waals surface area (Å²) in [6, 6.07) is 11.9. The quantitative estimate of drug-likeness (QED) is 0.325. The first-order valence-corrected chi connectivity index (χ1v) is 9.70. The number of hydrogen-bond acceptors (Lipinski definition) is 4. The minimum atomic E-state index is -1.23. The van der Waals surface area contributed by atoms with Crippen LogP contribution in [0.3, 0.4) is 0 Å². The van der Waals surface area contributed by atoms with Crippen molar-refractivity contribution in [2.75, 3.05) is 5.32 Å². The van der Waals surface area contributed by atoms with Crippen LogP contribution in [0.15, 0.2) is 53.6 Å². The van der Waals surface area contributed by atoms with Gasteiger partial charge in [0.25, 0.3) is 0 Å². The molecule has 0 radical (unpaired) electrons. The number of nitrogens with zero attached hydrogens (tertiary/aromatic N) is 2. The van der Waals surface area contributed by atoms with Gasteiger partial charge in [0.1, 0.15) is 0 Å². The fraction of sp³-hybridized carbons (Fsp3) is 0.0909. The van der Waals surface area contributed by atoms with E-state index in [9.17, 15) is 24.6 Å². The number of aromatic carboxylic acids is 2. The maximum atomic E-state index is 12.0. The van der Waals surface area contributed by atoms with Crippen LogP contribution in [-0.2, 0) is 0 Å². The van der Waals surface area contributed by atoms with Crippen LogP contribution in [0.2, 0.25) is 5.02 Å². The second-order valence-corrected chi connectivity index (χ2v) is 7.25. The molecule has 3 rings (SSSR count). The number of para-hydroxylation sites is 1. The highest BCUT2D eigenvalue weighted by Gasteiger charge is 2.16. The Labute approximate surface area is 187 Å². The number of rotatable bonds is 6. The Bertz CT molecular complexity index is 1220. The number of hydrogen-bond donors (Lipinski definition) is 4. The smallest absolute Gasteiger partial charge is 0.339 e. The van der Waals surface area contributed by atoms with Crippen LogP contribution in [0.5, 0.6) is 0 Å². The van der Waals surface area contributed by atoms with Crippen molar-refractivity contribution in [1.29, 1.82) is 0 Å². The number of carboxylic acids is 2. The maximum Gasteiger partial charge on any atom is 0.339 e. The zero-order valence-electron chi connectivity index (χ0n) is 17.1. The third-order valence-electron chi connectivity index (χ3n) is 4.63. The summed E-state index contributed by atoms with van der Waals surface area (Å²) in [5, 5.41) is 25.5. The van der Waals surface area contributed by atoms with Crippen molar-refractivity contribution in [3.8, 4) is 5.69 Å². The molecule has 0 aliphatic carbocycles. The van der Waals surface area contributed by atoms with E-state index in [-0.39, 0.29) is 11.1 Å². The van der Waals surface area contributed by atoms with Gasteiger partial charge >= 0.3 is 18.0 Å². The summed E-state index contributed by atoms with van der Waals surface area (Å²) in [7, 11) is 0. The van der Waals surface area contributed by atoms with Gasteiger partial charge in [-0.2, -0.15) is 5.10 Å². The number of hydrazone groups is 1. The average molecular weight is 455 g/mol. The molecular weight excluding hydrogens is 436 g/mol. The highest BCUT2D eigenvalue weighted by molar-refractivity contribution is 6.33. The van der Waals surface area contributed by atoms with Gasteiger partial charge in [0, 0.05) is 22.6 Å². The number of aromatic nitrogens is 1. The molecule has 0 unspecified atom stereocenters. The highest BCUT2D eigenvalue weighted by atomic mass is 35.5. The molecule has 0 saturated heterocycles. The predicted octanol–water partition coefficient (Wildman–Crippen LogP) is 4.30. The minimum absolute atomic E-state index is 0.138. The van der Waals surface area contributed by atoms with Gasteiger partial charge in [-0.05, 0) is 50.2 Å². The molecule has 0 aliphatic heterocycles. The fourth-order valence-corrected chi connectivity index (χ4v) is 3.36. The SMILES string of the molecule is Cc1cc(/C=N/NC(=O)Nc2ccccc2Cl)c(C)n1-c1cc(C(=O)O)cc(C(=O)O)c1. The van der Waals surface area contributed by atoms with Gasteiger partial charge < -0.3 is 20.1 Å². The molecule has 3 aromatic rings. The van der Waals surface area contributed by atoms with E-state index in [1.165, 1.54) is 18.3 Å². The van der Waals surface area contributed by atoms with Crippen LogP contribution < -0.4 is 10.7 Å². The summed E-state index contributed by atoms with van der Waals surface area (Å²) >= 11 is 6.00. The summed E-state index contributed by atoms with van der Waals surface area (Å²) in [4.78, 5) is 34.9. The van der Waals surface area contributed by atoms with Crippen molar-refractivity contribution in [1.82, 2.24) is 9.99 Å². The monoisotopic (exact) mass is 454 g/mol. The molecule has 4 N–H and O–H groups in total. The van der Waals surface area contributed by atoms with Crippen LogP contribution in [0.4, 0.5) is 10.5 Å². The van der Waals surface area contributed by atoms with Gasteiger partial charge in [-0.25, -0.2) is 19.8 Å². The molecule has 0 atom stereocenters. The van der Waals surface area contributed by atoms with Crippen LogP contribution in [-0.4, -0.2) is 39.0 Å². The lowest BCUT2D eigenvalue weighted by molar-refractivity contribution is 0.0696. The van der Waals surface area contributed by atoms with E-state index in [0.29, 0.717) is 27.7 Å². The second-order valence-electron chi connectivity index (χ2n) is 6.84. The number of urea groups is 1. The topological polar surface area (TPSA) is 133 Å². The van der Waals surface area contributed by atoms with E-state index in [2.05, 4.69) is 15.8 Å². The Morgan fingerprint density at radius 1 is 1.00 bits per heavy atom. The van der Waals surface area contributed by atoms with Gasteiger partial charge in [0.15, 0.2) is 0 Å². The fourth-order valence-electron chi connectivity index (χ4n) is 3.18. The third-order valence-corrected chi connectivity index (χ3v) is 4.96. The first-order chi connectivity index (χ1) is 15.2. The molecular formula is C22H19ClN4O5. The number of carbonyl (C=O) groups excluding carboxylic acids is 1. The normalized spacial score (nSPS) is 10.8. The molecule has 164 valence electrons. The Hall–Kier alpha value is -4.11. The lowest BCUT2D eigenvalue weighted by atomic mass is 10.1. The lowest BCUT2D eigenvalue weighted by Crippen LogP contribution is -2.24. The minimum Gasteiger partial charge on any atom is -0.478 e. The van der Waals surface area contributed by atoms with Gasteiger partial charge in [-0.15, -0.1) is 0 Å². The van der Waals surface area contributed by atoms with Crippen molar-refractivity contribution in [2.45, 2.75) is 13.8 Å². The number of amides is 2. The molecule has 2 aromatic carbocycles. The molecule has 0 spiro atoms. The summed E-state index contributed by atoms with van der Waals surface area (Å²) in [5.74, 6) is -2.46. The molecule has 0 saturated carbocycles. The van der Waals surface area contributed by atoms with Gasteiger partial charge in [0.05, 0.1) is 28.1 Å². The molecule has 0 aliphatic rings. The Morgan fingerprint density at radius 3 is 2.22 bits per heavy atom. The van der Waals surface area contributed by atoms with E-state index in [4.69, 9.17) is 11.6 Å². The van der Waals surface area contributed by atoms with Crippen LogP contribution in [0.1, 0.15) is 37.7 Å². The molecule has 1 heterocycles. The summed E-state index contributed by atoms with van der Waals surface area (Å²) < 4.78 is 1.71. The number of nitrogens with one attached hydrogen (secondary N) is 2. The zero-order valence-corrected chi connectivity index (χ0v) is 17.8. The predicted molar refractivity (Wildman–Crippen MR) is 120 cm³/mol. The van der Waals surface area contributed by atoms with Crippen molar-refractivity contribution in [3.05, 3.63) is 81.6 Å². The molecule has 0 bridgehead atoms. The molecule has 0 fully saturated rings. The summed E-state index contributed by atoms with van der Waals surface area (Å²) in [6.45, 7) is 3.56. The van der Waals surface area contributed by atoms with Gasteiger partial charge in [-0.1, -0.05) is 23.7 Å². The third kappa shape index (κ3) is 4.96. The van der Waals surface area contributed by atoms with Crippen LogP contribution in [0, 0.1) is 13.8 Å². The van der Waals surface area contributed by atoms with Crippen LogP contribution >= 0.6 is 11.6 Å². The standard InChI is InChI=1S/C22H19ClN4O5/c1-12-7-16(11-24-26-22(32)25-19-6-4-3-5-18(19)23)13(2)27(12)17-9-14(20(28)29)8-15(10-17)21(30)31/h3-11H,1-2H3,(H,28,29)(H,30,31)(H2,25,26,32)/b24-11+. The summed E-state index contributed by atoms with van der Waals surface area (Å²) in [5.41, 5.74) is 4.95.